The molecule has 0 aromatic carbocycles. The fraction of sp³-hybridized carbons (Fsp3) is 1.00. The molecule has 0 fully saturated rings. The fourth-order valence-electron chi connectivity index (χ4n) is 3.84. The summed E-state index contributed by atoms with van der Waals surface area (Å²) in [6, 6.07) is 0.786. The first-order valence-electron chi connectivity index (χ1n) is 12.1. The summed E-state index contributed by atoms with van der Waals surface area (Å²) < 4.78 is 1.08. The topological polar surface area (TPSA) is 0 Å². The predicted octanol–water partition coefficient (Wildman–Crippen LogP) is 8.69. The summed E-state index contributed by atoms with van der Waals surface area (Å²) >= 11 is 6.30. The van der Waals surface area contributed by atoms with Gasteiger partial charge in [0.15, 0.2) is 6.00 Å². The fourth-order valence-corrected chi connectivity index (χ4v) is 4.08. The van der Waals surface area contributed by atoms with Crippen LogP contribution < -0.4 is 0 Å². The van der Waals surface area contributed by atoms with Crippen molar-refractivity contribution in [3.05, 3.63) is 0 Å². The van der Waals surface area contributed by atoms with Crippen molar-refractivity contribution in [1.29, 1.82) is 0 Å². The van der Waals surface area contributed by atoms with Gasteiger partial charge in [-0.2, -0.15) is 0 Å². The second kappa shape index (κ2) is 20.0. The molecule has 0 unspecified atom stereocenters. The molecule has 0 saturated carbocycles. The van der Waals surface area contributed by atoms with Crippen LogP contribution in [0.25, 0.3) is 0 Å². The highest BCUT2D eigenvalue weighted by molar-refractivity contribution is 6.16. The van der Waals surface area contributed by atoms with Crippen LogP contribution in [0, 0.1) is 0 Å². The molecule has 0 rings (SSSR count). The van der Waals surface area contributed by atoms with Crippen LogP contribution >= 0.6 is 11.6 Å². The van der Waals surface area contributed by atoms with Crippen LogP contribution in [0.15, 0.2) is 0 Å². The molecule has 0 atom stereocenters. The van der Waals surface area contributed by atoms with Crippen molar-refractivity contribution in [2.45, 2.75) is 129 Å². The van der Waals surface area contributed by atoms with Gasteiger partial charge in [0, 0.05) is 0 Å². The average Bonchev–Trinajstić information content (AvgIpc) is 2.65. The molecule has 0 aliphatic heterocycles. The quantitative estimate of drug-likeness (QED) is 0.0797. The summed E-state index contributed by atoms with van der Waals surface area (Å²) in [6.45, 7) is 7.13. The largest absolute Gasteiger partial charge is 0.313 e. The van der Waals surface area contributed by atoms with Crippen LogP contribution in [-0.2, 0) is 0 Å². The van der Waals surface area contributed by atoms with E-state index in [2.05, 4.69) is 20.9 Å². The molecule has 0 aliphatic rings. The van der Waals surface area contributed by atoms with Crippen molar-refractivity contribution < 1.29 is 4.48 Å². The van der Waals surface area contributed by atoms with Crippen LogP contribution in [0.1, 0.15) is 129 Å². The second-order valence-corrected chi connectivity index (χ2v) is 9.08. The lowest BCUT2D eigenvalue weighted by Gasteiger charge is -2.32. The van der Waals surface area contributed by atoms with Crippen LogP contribution in [0.5, 0.6) is 0 Å². The Hall–Kier alpha value is 0.250. The Morgan fingerprint density at radius 2 is 0.731 bits per heavy atom. The summed E-state index contributed by atoms with van der Waals surface area (Å²) in [5.41, 5.74) is 0. The highest BCUT2D eigenvalue weighted by Crippen LogP contribution is 2.15. The lowest BCUT2D eigenvalue weighted by Crippen LogP contribution is -2.44. The smallest absolute Gasteiger partial charge is 0.154 e. The minimum Gasteiger partial charge on any atom is -0.313 e. The maximum atomic E-state index is 6.30. The number of rotatable bonds is 21. The Bertz CT molecular complexity index is 245. The molecule has 2 heteroatoms. The van der Waals surface area contributed by atoms with Gasteiger partial charge in [-0.1, -0.05) is 115 Å². The van der Waals surface area contributed by atoms with Gasteiger partial charge in [0.1, 0.15) is 0 Å². The van der Waals surface area contributed by atoms with Crippen molar-refractivity contribution in [1.82, 2.24) is 0 Å². The molecule has 0 aromatic heterocycles. The highest BCUT2D eigenvalue weighted by Gasteiger charge is 2.18. The number of nitrogens with zero attached hydrogens (tertiary/aromatic N) is 1. The molecule has 158 valence electrons. The third-order valence-corrected chi connectivity index (χ3v) is 6.47. The average molecular weight is 389 g/mol. The SMILES string of the molecule is CCCCCCCCCCC[N+](C)(CCl)CCCCCCCCCCC. The number of hydrogen-bond donors (Lipinski definition) is 0. The van der Waals surface area contributed by atoms with E-state index in [9.17, 15) is 0 Å². The highest BCUT2D eigenvalue weighted by atomic mass is 35.5. The lowest BCUT2D eigenvalue weighted by molar-refractivity contribution is -0.899. The predicted molar refractivity (Wildman–Crippen MR) is 121 cm³/mol. The van der Waals surface area contributed by atoms with Crippen molar-refractivity contribution in [2.24, 2.45) is 0 Å². The molecular formula is C24H51ClN+. The number of alkyl halides is 1. The van der Waals surface area contributed by atoms with E-state index in [1.54, 1.807) is 0 Å². The summed E-state index contributed by atoms with van der Waals surface area (Å²) in [4.78, 5) is 0. The van der Waals surface area contributed by atoms with Crippen molar-refractivity contribution in [3.63, 3.8) is 0 Å². The first-order chi connectivity index (χ1) is 12.7. The van der Waals surface area contributed by atoms with E-state index in [1.165, 1.54) is 129 Å². The lowest BCUT2D eigenvalue weighted by atomic mass is 10.1. The summed E-state index contributed by atoms with van der Waals surface area (Å²) in [7, 11) is 2.36. The number of hydrogen-bond acceptors (Lipinski definition) is 0. The van der Waals surface area contributed by atoms with Crippen LogP contribution in [0.4, 0.5) is 0 Å². The minimum absolute atomic E-state index is 0.786. The Morgan fingerprint density at radius 3 is 1.00 bits per heavy atom. The molecule has 0 heterocycles. The molecule has 0 aliphatic carbocycles. The molecule has 0 amide bonds. The van der Waals surface area contributed by atoms with Crippen molar-refractivity contribution in [2.75, 3.05) is 26.1 Å². The summed E-state index contributed by atoms with van der Waals surface area (Å²) in [5.74, 6) is 0. The molecule has 0 radical (unpaired) electrons. The zero-order valence-corrected chi connectivity index (χ0v) is 19.4. The number of quaternary nitrogens is 1. The van der Waals surface area contributed by atoms with Gasteiger partial charge in [-0.05, 0) is 25.7 Å². The van der Waals surface area contributed by atoms with Gasteiger partial charge in [0.05, 0.1) is 20.1 Å². The Balaban J connectivity index is 3.49. The normalized spacial score (nSPS) is 12.0. The van der Waals surface area contributed by atoms with Gasteiger partial charge in [-0.25, -0.2) is 0 Å². The third kappa shape index (κ3) is 17.7. The summed E-state index contributed by atoms with van der Waals surface area (Å²) in [6.07, 6.45) is 25.4. The monoisotopic (exact) mass is 388 g/mol. The van der Waals surface area contributed by atoms with Gasteiger partial charge in [-0.3, -0.25) is 0 Å². The van der Waals surface area contributed by atoms with E-state index >= 15 is 0 Å². The van der Waals surface area contributed by atoms with E-state index < -0.39 is 0 Å². The Labute approximate surface area is 171 Å². The van der Waals surface area contributed by atoms with Crippen LogP contribution in [0.2, 0.25) is 0 Å². The molecule has 0 spiro atoms. The van der Waals surface area contributed by atoms with E-state index in [0.29, 0.717) is 0 Å². The van der Waals surface area contributed by atoms with Crippen molar-refractivity contribution in [3.8, 4) is 0 Å². The molecular weight excluding hydrogens is 338 g/mol. The Morgan fingerprint density at radius 1 is 0.462 bits per heavy atom. The zero-order chi connectivity index (χ0) is 19.3. The van der Waals surface area contributed by atoms with Crippen LogP contribution in [0.3, 0.4) is 0 Å². The maximum Gasteiger partial charge on any atom is 0.154 e. The van der Waals surface area contributed by atoms with Gasteiger partial charge in [0.25, 0.3) is 0 Å². The maximum absolute atomic E-state index is 6.30. The molecule has 1 nitrogen and oxygen atoms in total. The van der Waals surface area contributed by atoms with Gasteiger partial charge >= 0.3 is 0 Å². The number of unbranched alkanes of at least 4 members (excludes halogenated alkanes) is 16. The second-order valence-electron chi connectivity index (χ2n) is 8.84. The molecule has 0 bridgehead atoms. The molecule has 0 saturated heterocycles. The minimum atomic E-state index is 0.786. The van der Waals surface area contributed by atoms with Gasteiger partial charge in [-0.15, -0.1) is 0 Å². The first-order valence-corrected chi connectivity index (χ1v) is 12.6. The van der Waals surface area contributed by atoms with Gasteiger partial charge < -0.3 is 4.48 Å². The third-order valence-electron chi connectivity index (χ3n) is 5.89. The Kier molecular flexibility index (Phi) is 20.2. The zero-order valence-electron chi connectivity index (χ0n) is 18.7. The van der Waals surface area contributed by atoms with E-state index in [1.807, 2.05) is 0 Å². The standard InChI is InChI=1S/C24H51ClN/c1-4-6-8-10-12-14-16-18-20-22-26(3,24-25)23-21-19-17-15-13-11-9-7-5-2/h4-24H2,1-3H3/q+1. The first kappa shape index (κ1) is 26.2. The van der Waals surface area contributed by atoms with Gasteiger partial charge in [0.2, 0.25) is 0 Å². The molecule has 0 aromatic rings. The summed E-state index contributed by atoms with van der Waals surface area (Å²) in [5, 5.41) is 0. The molecule has 0 N–H and O–H groups in total. The van der Waals surface area contributed by atoms with E-state index in [-0.39, 0.29) is 0 Å². The number of halogens is 1. The van der Waals surface area contributed by atoms with E-state index in [0.717, 1.165) is 10.5 Å². The molecule has 26 heavy (non-hydrogen) atoms. The van der Waals surface area contributed by atoms with Crippen LogP contribution in [-0.4, -0.2) is 30.6 Å². The van der Waals surface area contributed by atoms with Crippen molar-refractivity contribution >= 4 is 11.6 Å². The van der Waals surface area contributed by atoms with E-state index in [4.69, 9.17) is 11.6 Å².